The molecule has 0 saturated heterocycles. The maximum atomic E-state index is 13.4. The summed E-state index contributed by atoms with van der Waals surface area (Å²) in [5.41, 5.74) is 5.30. The van der Waals surface area contributed by atoms with Gasteiger partial charge in [-0.15, -0.1) is 0 Å². The fraction of sp³-hybridized carbons (Fsp3) is 0.304. The number of aliphatic hydroxyl groups is 2. The van der Waals surface area contributed by atoms with Gasteiger partial charge in [0.25, 0.3) is 0 Å². The highest BCUT2D eigenvalue weighted by Gasteiger charge is 2.43. The number of carbonyl (C=O) groups is 1. The molecule has 2 aliphatic carbocycles. The number of ether oxygens (including phenoxy) is 1. The van der Waals surface area contributed by atoms with E-state index in [0.29, 0.717) is 23.3 Å². The number of benzene rings is 2. The summed E-state index contributed by atoms with van der Waals surface area (Å²) in [4.78, 5) is 13.4. The van der Waals surface area contributed by atoms with Crippen LogP contribution in [0.25, 0.3) is 5.57 Å². The van der Waals surface area contributed by atoms with Crippen LogP contribution in [0.5, 0.6) is 5.75 Å². The number of hydrogen-bond acceptors (Lipinski definition) is 5. The summed E-state index contributed by atoms with van der Waals surface area (Å²) in [6, 6.07) is 11.1. The van der Waals surface area contributed by atoms with E-state index in [-0.39, 0.29) is 19.0 Å². The van der Waals surface area contributed by atoms with Crippen molar-refractivity contribution in [3.8, 4) is 11.8 Å². The molecule has 4 rings (SSSR count). The Hall–Kier alpha value is -2.46. The molecule has 2 aliphatic rings. The van der Waals surface area contributed by atoms with Gasteiger partial charge in [0, 0.05) is 21.0 Å². The lowest BCUT2D eigenvalue weighted by Crippen LogP contribution is -2.30. The minimum Gasteiger partial charge on any atom is -0.491 e. The maximum Gasteiger partial charge on any atom is 0.193 e. The molecule has 1 atom stereocenters. The molecule has 2 aromatic rings. The fourth-order valence-electron chi connectivity index (χ4n) is 4.21. The first kappa shape index (κ1) is 19.8. The number of halogens is 1. The van der Waals surface area contributed by atoms with Gasteiger partial charge in [-0.25, -0.2) is 0 Å². The average Bonchev–Trinajstić information content (AvgIpc) is 3.12. The first-order valence-electron chi connectivity index (χ1n) is 9.36. The number of aliphatic hydroxyl groups excluding tert-OH is 2. The molecule has 0 heterocycles. The van der Waals surface area contributed by atoms with Gasteiger partial charge < -0.3 is 14.9 Å². The number of carbonyl (C=O) groups excluding carboxylic acids is 1. The Morgan fingerprint density at radius 2 is 2.00 bits per heavy atom. The summed E-state index contributed by atoms with van der Waals surface area (Å²) in [5, 5.41) is 27.8. The molecule has 2 aromatic carbocycles. The first-order chi connectivity index (χ1) is 13.8. The first-order valence-corrected chi connectivity index (χ1v) is 10.1. The van der Waals surface area contributed by atoms with Gasteiger partial charge in [0.2, 0.25) is 0 Å². The van der Waals surface area contributed by atoms with Crippen LogP contribution >= 0.6 is 15.9 Å². The highest BCUT2D eigenvalue weighted by molar-refractivity contribution is 9.10. The minimum atomic E-state index is -0.953. The number of rotatable bonds is 4. The van der Waals surface area contributed by atoms with Crippen molar-refractivity contribution >= 4 is 27.3 Å². The van der Waals surface area contributed by atoms with Crippen molar-refractivity contribution in [1.82, 2.24) is 0 Å². The lowest BCUT2D eigenvalue weighted by molar-refractivity contribution is 0.0535. The summed E-state index contributed by atoms with van der Waals surface area (Å²) >= 11 is 3.55. The molecule has 0 fully saturated rings. The second-order valence-electron chi connectivity index (χ2n) is 7.90. The van der Waals surface area contributed by atoms with E-state index in [2.05, 4.69) is 35.8 Å². The Morgan fingerprint density at radius 1 is 1.28 bits per heavy atom. The molecule has 148 valence electrons. The molecule has 6 heteroatoms. The van der Waals surface area contributed by atoms with Crippen molar-refractivity contribution in [1.29, 1.82) is 5.26 Å². The predicted octanol–water partition coefficient (Wildman–Crippen LogP) is 3.54. The van der Waals surface area contributed by atoms with E-state index in [1.54, 1.807) is 18.2 Å². The third-order valence-corrected chi connectivity index (χ3v) is 6.74. The van der Waals surface area contributed by atoms with Crippen molar-refractivity contribution in [2.75, 3.05) is 13.2 Å². The van der Waals surface area contributed by atoms with Gasteiger partial charge in [-0.3, -0.25) is 4.79 Å². The minimum absolute atomic E-state index is 0.0209. The van der Waals surface area contributed by atoms with Crippen LogP contribution in [-0.2, 0) is 11.8 Å². The normalized spacial score (nSPS) is 17.3. The fourth-order valence-corrected chi connectivity index (χ4v) is 4.78. The van der Waals surface area contributed by atoms with E-state index in [0.717, 1.165) is 32.3 Å². The van der Waals surface area contributed by atoms with Crippen molar-refractivity contribution in [3.05, 3.63) is 68.2 Å². The number of nitriles is 1. The molecule has 5 nitrogen and oxygen atoms in total. The second kappa shape index (κ2) is 7.10. The van der Waals surface area contributed by atoms with Gasteiger partial charge in [0.05, 0.1) is 12.2 Å². The molecule has 0 aromatic heterocycles. The van der Waals surface area contributed by atoms with Crippen LogP contribution in [-0.4, -0.2) is 35.3 Å². The van der Waals surface area contributed by atoms with Crippen LogP contribution in [0.1, 0.15) is 46.5 Å². The molecular weight excluding hydrogens is 434 g/mol. The quantitative estimate of drug-likeness (QED) is 0.738. The zero-order valence-corrected chi connectivity index (χ0v) is 17.7. The van der Waals surface area contributed by atoms with E-state index in [9.17, 15) is 15.2 Å². The highest BCUT2D eigenvalue weighted by atomic mass is 79.9. The zero-order valence-electron chi connectivity index (χ0n) is 16.1. The average molecular weight is 454 g/mol. The topological polar surface area (TPSA) is 90.6 Å². The Labute approximate surface area is 177 Å². The second-order valence-corrected chi connectivity index (χ2v) is 8.70. The molecule has 2 N–H and O–H groups in total. The third-order valence-electron chi connectivity index (χ3n) is 5.83. The number of hydrogen-bond donors (Lipinski definition) is 2. The monoisotopic (exact) mass is 453 g/mol. The van der Waals surface area contributed by atoms with E-state index in [1.165, 1.54) is 0 Å². The van der Waals surface area contributed by atoms with E-state index >= 15 is 0 Å². The van der Waals surface area contributed by atoms with Crippen molar-refractivity contribution < 1.29 is 19.7 Å². The van der Waals surface area contributed by atoms with Crippen LogP contribution in [0, 0.1) is 11.3 Å². The molecule has 0 radical (unpaired) electrons. The number of nitrogens with zero attached hydrogens (tertiary/aromatic N) is 1. The Morgan fingerprint density at radius 3 is 2.69 bits per heavy atom. The Bertz CT molecular complexity index is 1110. The van der Waals surface area contributed by atoms with Crippen molar-refractivity contribution in [3.63, 3.8) is 0 Å². The van der Waals surface area contributed by atoms with E-state index in [1.807, 2.05) is 12.1 Å². The molecule has 0 bridgehead atoms. The van der Waals surface area contributed by atoms with Gasteiger partial charge >= 0.3 is 0 Å². The van der Waals surface area contributed by atoms with Gasteiger partial charge in [0.1, 0.15) is 24.5 Å². The standard InChI is InChI=1S/C23H20BrNO4/c1-23(2)18-7-14(29-11-13(27)10-26)4-6-16(18)22(28)20-15-5-3-12(9-25)21(24)17(15)8-19(20)23/h3-7,13,26-27H,8,10-11H2,1-2H3/t13-/m0/s1. The van der Waals surface area contributed by atoms with Crippen LogP contribution in [0.2, 0.25) is 0 Å². The van der Waals surface area contributed by atoms with Crippen molar-refractivity contribution in [2.24, 2.45) is 0 Å². The van der Waals surface area contributed by atoms with Crippen LogP contribution in [0.15, 0.2) is 40.4 Å². The summed E-state index contributed by atoms with van der Waals surface area (Å²) < 4.78 is 6.35. The lowest BCUT2D eigenvalue weighted by atomic mass is 9.68. The molecular formula is C23H20BrNO4. The molecule has 0 saturated carbocycles. The largest absolute Gasteiger partial charge is 0.491 e. The van der Waals surface area contributed by atoms with Crippen molar-refractivity contribution in [2.45, 2.75) is 31.8 Å². The summed E-state index contributed by atoms with van der Waals surface area (Å²) in [7, 11) is 0. The highest BCUT2D eigenvalue weighted by Crippen LogP contribution is 2.51. The Balaban J connectivity index is 1.78. The van der Waals surface area contributed by atoms with Gasteiger partial charge in [-0.2, -0.15) is 5.26 Å². The molecule has 0 spiro atoms. The molecule has 29 heavy (non-hydrogen) atoms. The van der Waals surface area contributed by atoms with Crippen LogP contribution in [0.3, 0.4) is 0 Å². The summed E-state index contributed by atoms with van der Waals surface area (Å²) in [6.07, 6.45) is -0.348. The molecule has 0 unspecified atom stereocenters. The van der Waals surface area contributed by atoms with Gasteiger partial charge in [0.15, 0.2) is 5.78 Å². The summed E-state index contributed by atoms with van der Waals surface area (Å²) in [6.45, 7) is 3.78. The van der Waals surface area contributed by atoms with Gasteiger partial charge in [-0.05, 0) is 68.9 Å². The zero-order chi connectivity index (χ0) is 20.9. The van der Waals surface area contributed by atoms with Gasteiger partial charge in [-0.1, -0.05) is 19.9 Å². The molecule has 0 amide bonds. The number of Topliss-reactive ketones (excluding diaryl/α,β-unsaturated/α-hetero) is 1. The smallest absolute Gasteiger partial charge is 0.193 e. The SMILES string of the molecule is CC1(C)C2=C(C(=O)c3ccc(OC[C@@H](O)CO)cc31)c1ccc(C#N)c(Br)c1C2. The molecule has 0 aliphatic heterocycles. The predicted molar refractivity (Wildman–Crippen MR) is 112 cm³/mol. The Kier molecular flexibility index (Phi) is 4.86. The number of allylic oxidation sites excluding steroid dienone is 2. The van der Waals surface area contributed by atoms with E-state index < -0.39 is 11.5 Å². The summed E-state index contributed by atoms with van der Waals surface area (Å²) in [5.74, 6) is 0.524. The van der Waals surface area contributed by atoms with E-state index in [4.69, 9.17) is 9.84 Å². The van der Waals surface area contributed by atoms with Crippen LogP contribution in [0.4, 0.5) is 0 Å². The van der Waals surface area contributed by atoms with Crippen LogP contribution < -0.4 is 4.74 Å². The third kappa shape index (κ3) is 3.01. The lowest BCUT2D eigenvalue weighted by Gasteiger charge is -2.34. The number of fused-ring (bicyclic) bond motifs is 3. The number of ketones is 1. The maximum absolute atomic E-state index is 13.4.